The molecule has 1 heterocycles. The van der Waals surface area contributed by atoms with Crippen LogP contribution in [0, 0.1) is 6.92 Å². The molecule has 2 atom stereocenters. The van der Waals surface area contributed by atoms with E-state index in [1.54, 1.807) is 13.0 Å². The Kier molecular flexibility index (Phi) is 4.54. The molecule has 0 aromatic heterocycles. The normalized spacial score (nSPS) is 25.2. The fourth-order valence-corrected chi connectivity index (χ4v) is 4.75. The summed E-state index contributed by atoms with van der Waals surface area (Å²) in [5.41, 5.74) is 7.06. The van der Waals surface area contributed by atoms with Crippen LogP contribution in [-0.4, -0.2) is 49.8 Å². The van der Waals surface area contributed by atoms with E-state index in [4.69, 9.17) is 17.3 Å². The predicted molar refractivity (Wildman–Crippen MR) is 86.0 cm³/mol. The minimum absolute atomic E-state index is 0.0937. The van der Waals surface area contributed by atoms with Crippen LogP contribution in [0.5, 0.6) is 0 Å². The first-order valence-electron chi connectivity index (χ1n) is 6.92. The molecule has 0 bridgehead atoms. The number of rotatable bonds is 2. The lowest BCUT2D eigenvalue weighted by molar-refractivity contribution is 0.105. The second kappa shape index (κ2) is 5.76. The molecule has 1 aromatic rings. The summed E-state index contributed by atoms with van der Waals surface area (Å²) in [5, 5.41) is 0.223. The van der Waals surface area contributed by atoms with Crippen molar-refractivity contribution in [3.63, 3.8) is 0 Å². The van der Waals surface area contributed by atoms with Crippen molar-refractivity contribution in [2.75, 3.05) is 25.9 Å². The fraction of sp³-hybridized carbons (Fsp3) is 0.571. The van der Waals surface area contributed by atoms with E-state index in [1.807, 2.05) is 20.9 Å². The summed E-state index contributed by atoms with van der Waals surface area (Å²) in [4.78, 5) is 2.27. The van der Waals surface area contributed by atoms with Crippen molar-refractivity contribution in [2.24, 2.45) is 0 Å². The molecule has 0 spiro atoms. The molecule has 1 aliphatic rings. The van der Waals surface area contributed by atoms with Gasteiger partial charge in [-0.15, -0.1) is 0 Å². The van der Waals surface area contributed by atoms with Gasteiger partial charge in [0.25, 0.3) is 0 Å². The molecular formula is C14H22ClN3O2S. The van der Waals surface area contributed by atoms with Crippen LogP contribution in [0.15, 0.2) is 17.0 Å². The molecule has 0 amide bonds. The van der Waals surface area contributed by atoms with Crippen molar-refractivity contribution in [1.29, 1.82) is 0 Å². The number of nitrogen functional groups attached to an aromatic ring is 1. The first-order valence-corrected chi connectivity index (χ1v) is 8.74. The van der Waals surface area contributed by atoms with Gasteiger partial charge >= 0.3 is 0 Å². The number of hydrogen-bond acceptors (Lipinski definition) is 4. The van der Waals surface area contributed by atoms with Crippen LogP contribution >= 0.6 is 11.6 Å². The van der Waals surface area contributed by atoms with Crippen LogP contribution in [-0.2, 0) is 10.0 Å². The first kappa shape index (κ1) is 16.5. The molecule has 2 unspecified atom stereocenters. The van der Waals surface area contributed by atoms with E-state index < -0.39 is 10.0 Å². The molecule has 7 heteroatoms. The molecule has 1 aromatic carbocycles. The Bertz CT molecular complexity index is 636. The third kappa shape index (κ3) is 3.04. The van der Waals surface area contributed by atoms with E-state index in [1.165, 1.54) is 10.4 Å². The number of piperazine rings is 1. The van der Waals surface area contributed by atoms with Gasteiger partial charge in [-0.2, -0.15) is 4.31 Å². The molecule has 2 rings (SSSR count). The molecule has 1 aliphatic heterocycles. The zero-order chi connectivity index (χ0) is 15.9. The molecule has 1 saturated heterocycles. The van der Waals surface area contributed by atoms with Gasteiger partial charge in [0, 0.05) is 30.9 Å². The van der Waals surface area contributed by atoms with Crippen LogP contribution in [0.3, 0.4) is 0 Å². The quantitative estimate of drug-likeness (QED) is 0.841. The summed E-state index contributed by atoms with van der Waals surface area (Å²) in [6.45, 7) is 6.74. The third-order valence-electron chi connectivity index (χ3n) is 4.26. The van der Waals surface area contributed by atoms with Crippen molar-refractivity contribution in [1.82, 2.24) is 9.21 Å². The van der Waals surface area contributed by atoms with Crippen molar-refractivity contribution >= 4 is 27.3 Å². The second-order valence-corrected chi connectivity index (χ2v) is 8.14. The largest absolute Gasteiger partial charge is 0.398 e. The maximum Gasteiger partial charge on any atom is 0.244 e. The Balaban J connectivity index is 2.41. The van der Waals surface area contributed by atoms with Gasteiger partial charge in [-0.3, -0.25) is 4.90 Å². The van der Waals surface area contributed by atoms with Gasteiger partial charge in [-0.05, 0) is 45.5 Å². The minimum Gasteiger partial charge on any atom is -0.398 e. The minimum atomic E-state index is -3.63. The standard InChI is InChI=1S/C14H22ClN3O2S/c1-9-5-12(15)14(6-13(9)16)21(19,20)18-7-10(2)17(4)11(3)8-18/h5-6,10-11H,7-8,16H2,1-4H3. The molecule has 2 N–H and O–H groups in total. The molecule has 21 heavy (non-hydrogen) atoms. The predicted octanol–water partition coefficient (Wildman–Crippen LogP) is 1.94. The van der Waals surface area contributed by atoms with Crippen molar-refractivity contribution < 1.29 is 8.42 Å². The van der Waals surface area contributed by atoms with Gasteiger partial charge in [0.05, 0.1) is 5.02 Å². The lowest BCUT2D eigenvalue weighted by Gasteiger charge is -2.41. The highest BCUT2D eigenvalue weighted by molar-refractivity contribution is 7.89. The fourth-order valence-electron chi connectivity index (χ4n) is 2.56. The number of nitrogens with zero attached hydrogens (tertiary/aromatic N) is 2. The molecule has 1 fully saturated rings. The third-order valence-corrected chi connectivity index (χ3v) is 6.56. The number of likely N-dealkylation sites (N-methyl/N-ethyl adjacent to an activating group) is 1. The molecule has 0 radical (unpaired) electrons. The van der Waals surface area contributed by atoms with Crippen molar-refractivity contribution in [3.8, 4) is 0 Å². The van der Waals surface area contributed by atoms with Gasteiger partial charge in [0.15, 0.2) is 0 Å². The van der Waals surface area contributed by atoms with E-state index in [0.717, 1.165) is 5.56 Å². The smallest absolute Gasteiger partial charge is 0.244 e. The summed E-state index contributed by atoms with van der Waals surface area (Å²) < 4.78 is 27.2. The number of halogens is 1. The van der Waals surface area contributed by atoms with Gasteiger partial charge < -0.3 is 5.73 Å². The average Bonchev–Trinajstić information content (AvgIpc) is 2.39. The highest BCUT2D eigenvalue weighted by Crippen LogP contribution is 2.30. The highest BCUT2D eigenvalue weighted by atomic mass is 35.5. The number of sulfonamides is 1. The molecule has 0 saturated carbocycles. The Morgan fingerprint density at radius 1 is 1.24 bits per heavy atom. The Morgan fingerprint density at radius 2 is 1.76 bits per heavy atom. The first-order chi connectivity index (χ1) is 9.64. The zero-order valence-electron chi connectivity index (χ0n) is 12.8. The van der Waals surface area contributed by atoms with Crippen molar-refractivity contribution in [2.45, 2.75) is 37.8 Å². The van der Waals surface area contributed by atoms with E-state index in [9.17, 15) is 8.42 Å². The lowest BCUT2D eigenvalue weighted by atomic mass is 10.1. The SMILES string of the molecule is Cc1cc(Cl)c(S(=O)(=O)N2CC(C)N(C)C(C)C2)cc1N. The summed E-state index contributed by atoms with van der Waals surface area (Å²) in [5.74, 6) is 0. The number of hydrogen-bond donors (Lipinski definition) is 1. The van der Waals surface area contributed by atoms with E-state index in [2.05, 4.69) is 4.90 Å². The average molecular weight is 332 g/mol. The van der Waals surface area contributed by atoms with E-state index >= 15 is 0 Å². The number of nitrogens with two attached hydrogens (primary N) is 1. The van der Waals surface area contributed by atoms with E-state index in [-0.39, 0.29) is 22.0 Å². The molecule has 118 valence electrons. The Morgan fingerprint density at radius 3 is 2.29 bits per heavy atom. The monoisotopic (exact) mass is 331 g/mol. The van der Waals surface area contributed by atoms with Gasteiger partial charge in [-0.25, -0.2) is 8.42 Å². The summed E-state index contributed by atoms with van der Waals surface area (Å²) >= 11 is 6.13. The summed E-state index contributed by atoms with van der Waals surface area (Å²) in [6.07, 6.45) is 0. The number of aryl methyl sites for hydroxylation is 1. The maximum atomic E-state index is 12.8. The molecule has 5 nitrogen and oxygen atoms in total. The number of anilines is 1. The van der Waals surface area contributed by atoms with Crippen LogP contribution in [0.2, 0.25) is 5.02 Å². The van der Waals surface area contributed by atoms with Gasteiger partial charge in [-0.1, -0.05) is 11.6 Å². The summed E-state index contributed by atoms with van der Waals surface area (Å²) in [6, 6.07) is 3.38. The topological polar surface area (TPSA) is 66.6 Å². The summed E-state index contributed by atoms with van der Waals surface area (Å²) in [7, 11) is -1.62. The molecular weight excluding hydrogens is 310 g/mol. The Labute approximate surface area is 131 Å². The van der Waals surface area contributed by atoms with Crippen LogP contribution in [0.25, 0.3) is 0 Å². The van der Waals surface area contributed by atoms with Crippen molar-refractivity contribution in [3.05, 3.63) is 22.7 Å². The molecule has 0 aliphatic carbocycles. The second-order valence-electron chi connectivity index (χ2n) is 5.82. The van der Waals surface area contributed by atoms with Gasteiger partial charge in [0.1, 0.15) is 4.90 Å². The number of benzene rings is 1. The lowest BCUT2D eigenvalue weighted by Crippen LogP contribution is -2.56. The Hall–Kier alpha value is -0.820. The van der Waals surface area contributed by atoms with Crippen LogP contribution in [0.1, 0.15) is 19.4 Å². The maximum absolute atomic E-state index is 12.8. The van der Waals surface area contributed by atoms with Crippen LogP contribution < -0.4 is 5.73 Å². The zero-order valence-corrected chi connectivity index (χ0v) is 14.4. The van der Waals surface area contributed by atoms with Crippen LogP contribution in [0.4, 0.5) is 5.69 Å². The highest BCUT2D eigenvalue weighted by Gasteiger charge is 2.35. The van der Waals surface area contributed by atoms with Gasteiger partial charge in [0.2, 0.25) is 10.0 Å². The van der Waals surface area contributed by atoms with E-state index in [0.29, 0.717) is 18.8 Å².